The zero-order chi connectivity index (χ0) is 25.3. The number of carbonyl (C=O) groups is 1. The van der Waals surface area contributed by atoms with Crippen LogP contribution < -0.4 is 14.8 Å². The van der Waals surface area contributed by atoms with Crippen LogP contribution in [0.25, 0.3) is 0 Å². The minimum absolute atomic E-state index is 0.0139. The lowest BCUT2D eigenvalue weighted by Gasteiger charge is -2.33. The van der Waals surface area contributed by atoms with Gasteiger partial charge in [0.15, 0.2) is 11.5 Å². The van der Waals surface area contributed by atoms with Crippen LogP contribution in [0.3, 0.4) is 0 Å². The predicted octanol–water partition coefficient (Wildman–Crippen LogP) is 4.44. The molecule has 1 amide bonds. The van der Waals surface area contributed by atoms with Crippen LogP contribution in [0.5, 0.6) is 11.5 Å². The Morgan fingerprint density at radius 3 is 1.97 bits per heavy atom. The number of hydrogen-bond donors (Lipinski definition) is 2. The first kappa shape index (κ1) is 26.3. The molecule has 0 aliphatic carbocycles. The molecule has 35 heavy (non-hydrogen) atoms. The molecule has 3 rings (SSSR count). The first-order valence-electron chi connectivity index (χ1n) is 11.8. The number of aliphatic hydroxyl groups is 1. The highest BCUT2D eigenvalue weighted by Gasteiger charge is 2.29. The van der Waals surface area contributed by atoms with Crippen molar-refractivity contribution < 1.29 is 19.4 Å². The van der Waals surface area contributed by atoms with Gasteiger partial charge in [-0.05, 0) is 37.1 Å². The van der Waals surface area contributed by atoms with Crippen molar-refractivity contribution in [3.63, 3.8) is 0 Å². The van der Waals surface area contributed by atoms with Gasteiger partial charge >= 0.3 is 0 Å². The van der Waals surface area contributed by atoms with Gasteiger partial charge in [-0.25, -0.2) is 0 Å². The summed E-state index contributed by atoms with van der Waals surface area (Å²) >= 11 is 0. The topological polar surface area (TPSA) is 71.0 Å². The summed E-state index contributed by atoms with van der Waals surface area (Å²) in [6.07, 6.45) is -0.465. The second-order valence-corrected chi connectivity index (χ2v) is 9.29. The van der Waals surface area contributed by atoms with E-state index in [0.29, 0.717) is 18.0 Å². The van der Waals surface area contributed by atoms with E-state index >= 15 is 0 Å². The fourth-order valence-corrected chi connectivity index (χ4v) is 4.00. The number of hydrogen-bond acceptors (Lipinski definition) is 5. The van der Waals surface area contributed by atoms with Crippen molar-refractivity contribution in [2.75, 3.05) is 27.3 Å². The Morgan fingerprint density at radius 1 is 0.914 bits per heavy atom. The molecule has 6 heteroatoms. The standard InChI is InChI=1S/C29H36N2O4/c1-29(2,30-20-24(32)21-35-26-18-12-11-17-25(26)34-4)19-27(33)31(3)28(22-13-7-5-8-14-22)23-15-9-6-10-16-23/h5-18,24,28,30,32H,19-21H2,1-4H3. The summed E-state index contributed by atoms with van der Waals surface area (Å²) in [5.74, 6) is 1.21. The number of benzene rings is 3. The maximum atomic E-state index is 13.4. The number of ether oxygens (including phenoxy) is 2. The summed E-state index contributed by atoms with van der Waals surface area (Å²) in [5.41, 5.74) is 1.60. The second-order valence-electron chi connectivity index (χ2n) is 9.29. The molecule has 3 aromatic carbocycles. The van der Waals surface area contributed by atoms with Crippen LogP contribution in [-0.2, 0) is 4.79 Å². The molecule has 0 aliphatic heterocycles. The van der Waals surface area contributed by atoms with Crippen molar-refractivity contribution in [3.8, 4) is 11.5 Å². The molecule has 0 spiro atoms. The molecular formula is C29H36N2O4. The molecular weight excluding hydrogens is 440 g/mol. The molecule has 0 aromatic heterocycles. The third kappa shape index (κ3) is 7.57. The average Bonchev–Trinajstić information content (AvgIpc) is 2.87. The third-order valence-electron chi connectivity index (χ3n) is 5.92. The predicted molar refractivity (Wildman–Crippen MR) is 139 cm³/mol. The van der Waals surface area contributed by atoms with E-state index in [0.717, 1.165) is 11.1 Å². The SMILES string of the molecule is COc1ccccc1OCC(O)CNC(C)(C)CC(=O)N(C)C(c1ccccc1)c1ccccc1. The fraction of sp³-hybridized carbons (Fsp3) is 0.345. The number of carbonyl (C=O) groups excluding carboxylic acids is 1. The number of methoxy groups -OCH3 is 1. The largest absolute Gasteiger partial charge is 0.493 e. The van der Waals surface area contributed by atoms with E-state index in [9.17, 15) is 9.90 Å². The van der Waals surface area contributed by atoms with Gasteiger partial charge in [-0.1, -0.05) is 72.8 Å². The number of nitrogens with one attached hydrogen (secondary N) is 1. The van der Waals surface area contributed by atoms with Gasteiger partial charge < -0.3 is 24.8 Å². The minimum Gasteiger partial charge on any atom is -0.493 e. The van der Waals surface area contributed by atoms with Crippen LogP contribution >= 0.6 is 0 Å². The van der Waals surface area contributed by atoms with Crippen LogP contribution in [-0.4, -0.2) is 54.9 Å². The minimum atomic E-state index is -0.742. The Bertz CT molecular complexity index is 1020. The number of aliphatic hydroxyl groups excluding tert-OH is 1. The van der Waals surface area contributed by atoms with E-state index in [1.54, 1.807) is 18.1 Å². The van der Waals surface area contributed by atoms with Crippen LogP contribution in [0, 0.1) is 0 Å². The van der Waals surface area contributed by atoms with Gasteiger partial charge in [-0.3, -0.25) is 4.79 Å². The molecule has 0 heterocycles. The van der Waals surface area contributed by atoms with Gasteiger partial charge in [0.05, 0.1) is 13.2 Å². The van der Waals surface area contributed by atoms with Gasteiger partial charge in [0.1, 0.15) is 12.7 Å². The van der Waals surface area contributed by atoms with Gasteiger partial charge in [-0.2, -0.15) is 0 Å². The van der Waals surface area contributed by atoms with Crippen LogP contribution in [0.2, 0.25) is 0 Å². The summed E-state index contributed by atoms with van der Waals surface area (Å²) in [4.78, 5) is 15.2. The molecule has 0 radical (unpaired) electrons. The van der Waals surface area contributed by atoms with Crippen molar-refractivity contribution in [2.45, 2.75) is 38.0 Å². The molecule has 186 valence electrons. The van der Waals surface area contributed by atoms with E-state index in [-0.39, 0.29) is 25.0 Å². The van der Waals surface area contributed by atoms with Gasteiger partial charge in [0.2, 0.25) is 5.91 Å². The Hall–Kier alpha value is -3.35. The van der Waals surface area contributed by atoms with Crippen molar-refractivity contribution in [2.24, 2.45) is 0 Å². The Balaban J connectivity index is 1.59. The third-order valence-corrected chi connectivity index (χ3v) is 5.92. The van der Waals surface area contributed by atoms with Crippen LogP contribution in [0.4, 0.5) is 0 Å². The fourth-order valence-electron chi connectivity index (χ4n) is 4.00. The molecule has 0 aliphatic rings. The van der Waals surface area contributed by atoms with Crippen molar-refractivity contribution in [3.05, 3.63) is 96.1 Å². The van der Waals surface area contributed by atoms with Gasteiger partial charge in [-0.15, -0.1) is 0 Å². The van der Waals surface area contributed by atoms with Crippen LogP contribution in [0.1, 0.15) is 37.4 Å². The number of nitrogens with zero attached hydrogens (tertiary/aromatic N) is 1. The van der Waals surface area contributed by atoms with Crippen molar-refractivity contribution in [1.82, 2.24) is 10.2 Å². The normalized spacial score (nSPS) is 12.3. The molecule has 0 fully saturated rings. The highest BCUT2D eigenvalue weighted by atomic mass is 16.5. The lowest BCUT2D eigenvalue weighted by molar-refractivity contribution is -0.132. The first-order valence-corrected chi connectivity index (χ1v) is 11.8. The molecule has 3 aromatic rings. The Morgan fingerprint density at radius 2 is 1.43 bits per heavy atom. The van der Waals surface area contributed by atoms with Crippen LogP contribution in [0.15, 0.2) is 84.9 Å². The average molecular weight is 477 g/mol. The highest BCUT2D eigenvalue weighted by molar-refractivity contribution is 5.78. The van der Waals surface area contributed by atoms with Crippen molar-refractivity contribution in [1.29, 1.82) is 0 Å². The molecule has 1 atom stereocenters. The molecule has 0 bridgehead atoms. The quantitative estimate of drug-likeness (QED) is 0.404. The van der Waals surface area contributed by atoms with Gasteiger partial charge in [0, 0.05) is 25.6 Å². The van der Waals surface area contributed by atoms with Crippen molar-refractivity contribution >= 4 is 5.91 Å². The first-order chi connectivity index (χ1) is 16.8. The second kappa shape index (κ2) is 12.4. The van der Waals surface area contributed by atoms with E-state index in [1.165, 1.54) is 0 Å². The molecule has 1 unspecified atom stereocenters. The molecule has 0 saturated carbocycles. The zero-order valence-corrected chi connectivity index (χ0v) is 21.0. The number of amides is 1. The van der Waals surface area contributed by atoms with E-state index < -0.39 is 11.6 Å². The summed E-state index contributed by atoms with van der Waals surface area (Å²) in [6.45, 7) is 4.33. The summed E-state index contributed by atoms with van der Waals surface area (Å²) in [6, 6.07) is 27.2. The van der Waals surface area contributed by atoms with E-state index in [2.05, 4.69) is 5.32 Å². The lowest BCUT2D eigenvalue weighted by Crippen LogP contribution is -2.48. The molecule has 2 N–H and O–H groups in total. The molecule has 0 saturated heterocycles. The smallest absolute Gasteiger partial charge is 0.224 e. The Kier molecular flexibility index (Phi) is 9.29. The summed E-state index contributed by atoms with van der Waals surface area (Å²) in [5, 5.41) is 13.8. The highest BCUT2D eigenvalue weighted by Crippen LogP contribution is 2.29. The van der Waals surface area contributed by atoms with E-state index in [1.807, 2.05) is 99.8 Å². The zero-order valence-electron chi connectivity index (χ0n) is 21.0. The summed E-state index contributed by atoms with van der Waals surface area (Å²) in [7, 11) is 3.43. The maximum absolute atomic E-state index is 13.4. The molecule has 6 nitrogen and oxygen atoms in total. The lowest BCUT2D eigenvalue weighted by atomic mass is 9.95. The number of para-hydroxylation sites is 2. The maximum Gasteiger partial charge on any atom is 0.224 e. The van der Waals surface area contributed by atoms with E-state index in [4.69, 9.17) is 9.47 Å². The summed E-state index contributed by atoms with van der Waals surface area (Å²) < 4.78 is 11.0. The number of rotatable bonds is 12. The monoisotopic (exact) mass is 476 g/mol. The Labute approximate surface area is 208 Å². The number of β-amino-alcohol motifs (C(OH)–C–C–N with tert-alkyl or cyclic N) is 1. The van der Waals surface area contributed by atoms with Gasteiger partial charge in [0.25, 0.3) is 0 Å².